The minimum atomic E-state index is 0.348. The van der Waals surface area contributed by atoms with E-state index < -0.39 is 0 Å². The van der Waals surface area contributed by atoms with Crippen molar-refractivity contribution in [2.45, 2.75) is 25.8 Å². The molecule has 0 radical (unpaired) electrons. The fraction of sp³-hybridized carbons (Fsp3) is 0.409. The Morgan fingerprint density at radius 2 is 1.88 bits per heavy atom. The van der Waals surface area contributed by atoms with Gasteiger partial charge in [0.15, 0.2) is 0 Å². The third-order valence-corrected chi connectivity index (χ3v) is 5.69. The molecule has 1 aliphatic heterocycles. The molecule has 1 N–H and O–H groups in total. The average molecular weight is 335 g/mol. The van der Waals surface area contributed by atoms with Crippen LogP contribution in [0.1, 0.15) is 24.8 Å². The van der Waals surface area contributed by atoms with Gasteiger partial charge < -0.3 is 9.80 Å². The molecule has 1 amide bonds. The lowest BCUT2D eigenvalue weighted by Gasteiger charge is -2.33. The Bertz CT molecular complexity index is 769. The van der Waals surface area contributed by atoms with E-state index in [1.165, 1.54) is 16.3 Å². The lowest BCUT2D eigenvalue weighted by molar-refractivity contribution is -0.917. The molecule has 25 heavy (non-hydrogen) atoms. The lowest BCUT2D eigenvalue weighted by atomic mass is 10.0. The molecule has 3 heteroatoms. The first-order valence-corrected chi connectivity index (χ1v) is 9.54. The summed E-state index contributed by atoms with van der Waals surface area (Å²) in [7, 11) is 0. The van der Waals surface area contributed by atoms with E-state index in [4.69, 9.17) is 0 Å². The SMILES string of the molecule is O=C(C[C@H]1C=CCC1)N1CC[NH+](Cc2cccc3ccccc23)CC1. The molecule has 0 spiro atoms. The Morgan fingerprint density at radius 1 is 1.08 bits per heavy atom. The first-order chi connectivity index (χ1) is 12.3. The zero-order chi connectivity index (χ0) is 17.1. The largest absolute Gasteiger partial charge is 0.331 e. The maximum atomic E-state index is 12.5. The van der Waals surface area contributed by atoms with Gasteiger partial charge in [-0.15, -0.1) is 0 Å². The van der Waals surface area contributed by atoms with E-state index in [0.29, 0.717) is 18.2 Å². The second-order valence-corrected chi connectivity index (χ2v) is 7.42. The average Bonchev–Trinajstić information content (AvgIpc) is 3.16. The molecule has 2 aromatic carbocycles. The number of hydrogen-bond donors (Lipinski definition) is 1. The summed E-state index contributed by atoms with van der Waals surface area (Å²) in [5, 5.41) is 2.68. The first-order valence-electron chi connectivity index (χ1n) is 9.54. The summed E-state index contributed by atoms with van der Waals surface area (Å²) in [5.41, 5.74) is 1.42. The smallest absolute Gasteiger partial charge is 0.223 e. The van der Waals surface area contributed by atoms with Crippen molar-refractivity contribution in [1.29, 1.82) is 0 Å². The van der Waals surface area contributed by atoms with Crippen LogP contribution in [-0.2, 0) is 11.3 Å². The molecule has 0 bridgehead atoms. The lowest BCUT2D eigenvalue weighted by Crippen LogP contribution is -3.13. The quantitative estimate of drug-likeness (QED) is 0.853. The molecule has 3 nitrogen and oxygen atoms in total. The number of carbonyl (C=O) groups excluding carboxylic acids is 1. The summed E-state index contributed by atoms with van der Waals surface area (Å²) in [6.07, 6.45) is 7.43. The number of amides is 1. The molecule has 4 rings (SSSR count). The van der Waals surface area contributed by atoms with Gasteiger partial charge in [-0.3, -0.25) is 4.79 Å². The summed E-state index contributed by atoms with van der Waals surface area (Å²) >= 11 is 0. The van der Waals surface area contributed by atoms with Crippen LogP contribution in [0.15, 0.2) is 54.6 Å². The number of nitrogens with zero attached hydrogens (tertiary/aromatic N) is 1. The van der Waals surface area contributed by atoms with Crippen molar-refractivity contribution in [3.8, 4) is 0 Å². The number of carbonyl (C=O) groups is 1. The second kappa shape index (κ2) is 7.40. The third kappa shape index (κ3) is 3.77. The van der Waals surface area contributed by atoms with Crippen LogP contribution in [0.25, 0.3) is 10.8 Å². The topological polar surface area (TPSA) is 24.8 Å². The highest BCUT2D eigenvalue weighted by atomic mass is 16.2. The van der Waals surface area contributed by atoms with E-state index >= 15 is 0 Å². The summed E-state index contributed by atoms with van der Waals surface area (Å²) < 4.78 is 0. The van der Waals surface area contributed by atoms with Crippen LogP contribution in [0.4, 0.5) is 0 Å². The van der Waals surface area contributed by atoms with E-state index in [2.05, 4.69) is 59.5 Å². The zero-order valence-electron chi connectivity index (χ0n) is 14.8. The number of rotatable bonds is 4. The van der Waals surface area contributed by atoms with Gasteiger partial charge in [-0.1, -0.05) is 54.6 Å². The highest BCUT2D eigenvalue weighted by molar-refractivity contribution is 5.85. The summed E-state index contributed by atoms with van der Waals surface area (Å²) in [6.45, 7) is 4.95. The summed E-state index contributed by atoms with van der Waals surface area (Å²) in [4.78, 5) is 16.1. The number of hydrogen-bond acceptors (Lipinski definition) is 1. The fourth-order valence-electron chi connectivity index (χ4n) is 4.18. The standard InChI is InChI=1S/C22H26N2O/c25-22(16-18-6-1-2-7-18)24-14-12-23(13-15-24)17-20-10-5-9-19-8-3-4-11-21(19)20/h1,3-6,8-11,18H,2,7,12-17H2/p+1/t18-/m0/s1. The number of piperazine rings is 1. The molecule has 1 fully saturated rings. The first kappa shape index (κ1) is 16.3. The summed E-state index contributed by atoms with van der Waals surface area (Å²) in [5.74, 6) is 0.828. The minimum absolute atomic E-state index is 0.348. The van der Waals surface area contributed by atoms with Gasteiger partial charge in [0.2, 0.25) is 5.91 Å². The van der Waals surface area contributed by atoms with Gasteiger partial charge >= 0.3 is 0 Å². The van der Waals surface area contributed by atoms with E-state index in [0.717, 1.165) is 45.6 Å². The molecule has 0 aromatic heterocycles. The number of nitrogens with one attached hydrogen (secondary N) is 1. The molecule has 1 aliphatic carbocycles. The Balaban J connectivity index is 1.34. The van der Waals surface area contributed by atoms with Gasteiger partial charge in [0, 0.05) is 12.0 Å². The predicted molar refractivity (Wildman–Crippen MR) is 101 cm³/mol. The molecule has 2 aliphatic rings. The van der Waals surface area contributed by atoms with Crippen LogP contribution in [0.3, 0.4) is 0 Å². The van der Waals surface area contributed by atoms with Crippen LogP contribution in [0.2, 0.25) is 0 Å². The van der Waals surface area contributed by atoms with Crippen LogP contribution in [0.5, 0.6) is 0 Å². The Kier molecular flexibility index (Phi) is 4.84. The van der Waals surface area contributed by atoms with Crippen molar-refractivity contribution in [2.24, 2.45) is 5.92 Å². The fourth-order valence-corrected chi connectivity index (χ4v) is 4.18. The Morgan fingerprint density at radius 3 is 2.68 bits per heavy atom. The number of allylic oxidation sites excluding steroid dienone is 2. The monoisotopic (exact) mass is 335 g/mol. The van der Waals surface area contributed by atoms with E-state index in [-0.39, 0.29) is 0 Å². The molecular weight excluding hydrogens is 308 g/mol. The minimum Gasteiger partial charge on any atom is -0.331 e. The van der Waals surface area contributed by atoms with Crippen LogP contribution in [-0.4, -0.2) is 37.0 Å². The predicted octanol–water partition coefficient (Wildman–Crippen LogP) is 2.42. The van der Waals surface area contributed by atoms with Crippen molar-refractivity contribution in [2.75, 3.05) is 26.2 Å². The molecule has 130 valence electrons. The maximum Gasteiger partial charge on any atom is 0.223 e. The van der Waals surface area contributed by atoms with Gasteiger partial charge in [0.1, 0.15) is 6.54 Å². The normalized spacial score (nSPS) is 21.1. The van der Waals surface area contributed by atoms with Crippen molar-refractivity contribution in [3.63, 3.8) is 0 Å². The van der Waals surface area contributed by atoms with Gasteiger partial charge in [-0.2, -0.15) is 0 Å². The van der Waals surface area contributed by atoms with Crippen LogP contribution < -0.4 is 4.90 Å². The van der Waals surface area contributed by atoms with Crippen molar-refractivity contribution in [1.82, 2.24) is 4.90 Å². The second-order valence-electron chi connectivity index (χ2n) is 7.42. The molecule has 1 saturated heterocycles. The van der Waals surface area contributed by atoms with E-state index in [1.807, 2.05) is 0 Å². The van der Waals surface area contributed by atoms with Gasteiger partial charge in [0.25, 0.3) is 0 Å². The van der Waals surface area contributed by atoms with Crippen molar-refractivity contribution < 1.29 is 9.69 Å². The molecule has 2 aromatic rings. The van der Waals surface area contributed by atoms with E-state index in [1.54, 1.807) is 4.90 Å². The highest BCUT2D eigenvalue weighted by Gasteiger charge is 2.25. The molecular formula is C22H27N2O+. The summed E-state index contributed by atoms with van der Waals surface area (Å²) in [6, 6.07) is 15.2. The number of benzene rings is 2. The molecule has 1 atom stereocenters. The highest BCUT2D eigenvalue weighted by Crippen LogP contribution is 2.21. The van der Waals surface area contributed by atoms with Crippen molar-refractivity contribution in [3.05, 3.63) is 60.2 Å². The van der Waals surface area contributed by atoms with Gasteiger partial charge in [0.05, 0.1) is 26.2 Å². The van der Waals surface area contributed by atoms with Crippen molar-refractivity contribution >= 4 is 16.7 Å². The maximum absolute atomic E-state index is 12.5. The Labute approximate surface area is 149 Å². The zero-order valence-corrected chi connectivity index (χ0v) is 14.8. The van der Waals surface area contributed by atoms with Gasteiger partial charge in [-0.25, -0.2) is 0 Å². The molecule has 0 saturated carbocycles. The number of quaternary nitrogens is 1. The van der Waals surface area contributed by atoms with Gasteiger partial charge in [-0.05, 0) is 29.5 Å². The number of fused-ring (bicyclic) bond motifs is 1. The van der Waals surface area contributed by atoms with Crippen LogP contribution in [0, 0.1) is 5.92 Å². The van der Waals surface area contributed by atoms with Crippen LogP contribution >= 0.6 is 0 Å². The molecule has 1 heterocycles. The molecule has 0 unspecified atom stereocenters. The van der Waals surface area contributed by atoms with E-state index in [9.17, 15) is 4.79 Å². The Hall–Kier alpha value is -2.13. The third-order valence-electron chi connectivity index (χ3n) is 5.69.